The number of alkyl halides is 1. The molecule has 0 aromatic carbocycles. The second-order valence-electron chi connectivity index (χ2n) is 4.75. The van der Waals surface area contributed by atoms with Gasteiger partial charge in [-0.1, -0.05) is 32.9 Å². The van der Waals surface area contributed by atoms with Gasteiger partial charge in [0.1, 0.15) is 0 Å². The average Bonchev–Trinajstić information content (AvgIpc) is 2.79. The van der Waals surface area contributed by atoms with E-state index in [0.29, 0.717) is 0 Å². The molecule has 2 aliphatic carbocycles. The Morgan fingerprint density at radius 3 is 2.50 bits per heavy atom. The van der Waals surface area contributed by atoms with Crippen LogP contribution in [0.15, 0.2) is 23.3 Å². The summed E-state index contributed by atoms with van der Waals surface area (Å²) in [5.41, 5.74) is 3.76. The Morgan fingerprint density at radius 2 is 2.17 bits per heavy atom. The van der Waals surface area contributed by atoms with Gasteiger partial charge in [-0.15, -0.1) is 0 Å². The zero-order valence-electron chi connectivity index (χ0n) is 8.00. The van der Waals surface area contributed by atoms with Gasteiger partial charge in [-0.2, -0.15) is 0 Å². The smallest absolute Gasteiger partial charge is 0.0956 e. The van der Waals surface area contributed by atoms with Crippen LogP contribution < -0.4 is 0 Å². The maximum Gasteiger partial charge on any atom is 0.0956 e. The number of hydrogen-bond acceptors (Lipinski definition) is 0. The zero-order valence-corrected chi connectivity index (χ0v) is 8.00. The van der Waals surface area contributed by atoms with Gasteiger partial charge in [-0.05, 0) is 17.6 Å². The molecule has 1 heteroatoms. The molecule has 0 heterocycles. The average molecular weight is 166 g/mol. The van der Waals surface area contributed by atoms with Crippen molar-refractivity contribution in [3.05, 3.63) is 23.3 Å². The maximum absolute atomic E-state index is 12.8. The van der Waals surface area contributed by atoms with Gasteiger partial charge in [0.2, 0.25) is 0 Å². The predicted octanol–water partition coefficient (Wildman–Crippen LogP) is 3.26. The standard InChI is InChI=1S/C11H15F/c1-7-8-5-9(8)11(7,4)10(2,3)6-12/h1,5-6H2,2-4H3. The molecule has 2 rings (SSSR count). The third-order valence-electron chi connectivity index (χ3n) is 3.85. The van der Waals surface area contributed by atoms with Gasteiger partial charge in [0.15, 0.2) is 0 Å². The van der Waals surface area contributed by atoms with Crippen LogP contribution in [0.1, 0.15) is 27.2 Å². The molecule has 2 aliphatic rings. The molecule has 0 N–H and O–H groups in total. The van der Waals surface area contributed by atoms with Gasteiger partial charge in [0.05, 0.1) is 6.67 Å². The predicted molar refractivity (Wildman–Crippen MR) is 48.6 cm³/mol. The first-order valence-corrected chi connectivity index (χ1v) is 4.43. The van der Waals surface area contributed by atoms with Crippen LogP contribution in [-0.2, 0) is 0 Å². The first-order valence-electron chi connectivity index (χ1n) is 4.43. The highest BCUT2D eigenvalue weighted by molar-refractivity contribution is 5.69. The SMILES string of the molecule is C=C1C2=C(C2)C1(C)C(C)(C)CF. The molecule has 0 aromatic heterocycles. The van der Waals surface area contributed by atoms with E-state index in [1.807, 2.05) is 13.8 Å². The number of hydrogen-bond donors (Lipinski definition) is 0. The Labute approximate surface area is 73.2 Å². The summed E-state index contributed by atoms with van der Waals surface area (Å²) >= 11 is 0. The van der Waals surface area contributed by atoms with Gasteiger partial charge in [-0.3, -0.25) is 4.39 Å². The van der Waals surface area contributed by atoms with E-state index < -0.39 is 0 Å². The Balaban J connectivity index is 2.36. The summed E-state index contributed by atoms with van der Waals surface area (Å²) in [5, 5.41) is 0. The van der Waals surface area contributed by atoms with Crippen molar-refractivity contribution in [2.45, 2.75) is 27.2 Å². The first kappa shape index (κ1) is 8.03. The van der Waals surface area contributed by atoms with Crippen molar-refractivity contribution in [1.82, 2.24) is 0 Å². The van der Waals surface area contributed by atoms with E-state index in [0.717, 1.165) is 6.42 Å². The summed E-state index contributed by atoms with van der Waals surface area (Å²) < 4.78 is 12.8. The summed E-state index contributed by atoms with van der Waals surface area (Å²) in [6, 6.07) is 0. The second kappa shape index (κ2) is 1.84. The molecule has 0 bridgehead atoms. The van der Waals surface area contributed by atoms with E-state index in [2.05, 4.69) is 13.5 Å². The van der Waals surface area contributed by atoms with Crippen LogP contribution >= 0.6 is 0 Å². The molecule has 1 atom stereocenters. The minimum absolute atomic E-state index is 0.0307. The largest absolute Gasteiger partial charge is 0.250 e. The fourth-order valence-corrected chi connectivity index (χ4v) is 2.27. The quantitative estimate of drug-likeness (QED) is 0.590. The van der Waals surface area contributed by atoms with E-state index in [4.69, 9.17) is 0 Å². The number of rotatable bonds is 2. The van der Waals surface area contributed by atoms with E-state index in [1.165, 1.54) is 16.7 Å². The number of halogens is 1. The van der Waals surface area contributed by atoms with E-state index in [-0.39, 0.29) is 17.5 Å². The Morgan fingerprint density at radius 1 is 1.58 bits per heavy atom. The maximum atomic E-state index is 12.8. The molecule has 0 amide bonds. The fraction of sp³-hybridized carbons (Fsp3) is 0.636. The fourth-order valence-electron chi connectivity index (χ4n) is 2.27. The van der Waals surface area contributed by atoms with Crippen molar-refractivity contribution in [2.24, 2.45) is 10.8 Å². The normalized spacial score (nSPS) is 33.2. The number of allylic oxidation sites excluding steroid dienone is 3. The van der Waals surface area contributed by atoms with Crippen LogP contribution in [0, 0.1) is 10.8 Å². The third-order valence-corrected chi connectivity index (χ3v) is 3.85. The Kier molecular flexibility index (Phi) is 1.23. The van der Waals surface area contributed by atoms with Crippen molar-refractivity contribution >= 4 is 0 Å². The van der Waals surface area contributed by atoms with Crippen LogP contribution in [0.2, 0.25) is 0 Å². The molecule has 1 unspecified atom stereocenters. The Hall–Kier alpha value is -0.590. The molecule has 0 aliphatic heterocycles. The van der Waals surface area contributed by atoms with Crippen molar-refractivity contribution in [1.29, 1.82) is 0 Å². The topological polar surface area (TPSA) is 0 Å². The van der Waals surface area contributed by atoms with E-state index >= 15 is 0 Å². The Bertz CT molecular complexity index is 287. The molecule has 12 heavy (non-hydrogen) atoms. The highest BCUT2D eigenvalue weighted by atomic mass is 19.1. The van der Waals surface area contributed by atoms with Gasteiger partial charge in [-0.25, -0.2) is 0 Å². The summed E-state index contributed by atoms with van der Waals surface area (Å²) in [7, 11) is 0. The third kappa shape index (κ3) is 0.596. The second-order valence-corrected chi connectivity index (χ2v) is 4.75. The lowest BCUT2D eigenvalue weighted by Crippen LogP contribution is -2.40. The summed E-state index contributed by atoms with van der Waals surface area (Å²) in [6.45, 7) is 9.86. The molecule has 0 radical (unpaired) electrons. The van der Waals surface area contributed by atoms with Crippen LogP contribution in [0.4, 0.5) is 4.39 Å². The minimum Gasteiger partial charge on any atom is -0.250 e. The van der Waals surface area contributed by atoms with Crippen LogP contribution in [0.25, 0.3) is 0 Å². The van der Waals surface area contributed by atoms with Crippen LogP contribution in [-0.4, -0.2) is 6.67 Å². The van der Waals surface area contributed by atoms with Gasteiger partial charge in [0.25, 0.3) is 0 Å². The van der Waals surface area contributed by atoms with Crippen molar-refractivity contribution < 1.29 is 4.39 Å². The molecule has 66 valence electrons. The first-order chi connectivity index (χ1) is 5.45. The van der Waals surface area contributed by atoms with Crippen LogP contribution in [0.3, 0.4) is 0 Å². The van der Waals surface area contributed by atoms with Gasteiger partial charge in [0, 0.05) is 10.8 Å². The van der Waals surface area contributed by atoms with Gasteiger partial charge < -0.3 is 0 Å². The molecular weight excluding hydrogens is 151 g/mol. The molecule has 0 saturated heterocycles. The lowest BCUT2D eigenvalue weighted by molar-refractivity contribution is 0.126. The molecule has 0 aromatic rings. The van der Waals surface area contributed by atoms with Crippen molar-refractivity contribution in [2.75, 3.05) is 6.67 Å². The van der Waals surface area contributed by atoms with E-state index in [9.17, 15) is 4.39 Å². The summed E-state index contributed by atoms with van der Waals surface area (Å²) in [4.78, 5) is 0. The molecule has 0 spiro atoms. The van der Waals surface area contributed by atoms with Crippen molar-refractivity contribution in [3.63, 3.8) is 0 Å². The lowest BCUT2D eigenvalue weighted by Gasteiger charge is -2.46. The highest BCUT2D eigenvalue weighted by Crippen LogP contribution is 2.70. The molecule has 0 saturated carbocycles. The summed E-state index contributed by atoms with van der Waals surface area (Å²) in [5.74, 6) is 0. The highest BCUT2D eigenvalue weighted by Gasteiger charge is 2.60. The van der Waals surface area contributed by atoms with Crippen LogP contribution in [0.5, 0.6) is 0 Å². The molecule has 0 nitrogen and oxygen atoms in total. The minimum atomic E-state index is -0.265. The molecular formula is C11H15F. The van der Waals surface area contributed by atoms with Gasteiger partial charge >= 0.3 is 0 Å². The lowest BCUT2D eigenvalue weighted by atomic mass is 9.58. The van der Waals surface area contributed by atoms with Crippen molar-refractivity contribution in [3.8, 4) is 0 Å². The zero-order chi connectivity index (χ0) is 9.15. The summed E-state index contributed by atoms with van der Waals surface area (Å²) in [6.07, 6.45) is 1.10. The van der Waals surface area contributed by atoms with E-state index in [1.54, 1.807) is 0 Å². The monoisotopic (exact) mass is 166 g/mol. The molecule has 0 fully saturated rings.